The van der Waals surface area contributed by atoms with Crippen molar-refractivity contribution in [3.63, 3.8) is 0 Å². The Morgan fingerprint density at radius 1 is 1.16 bits per heavy atom. The molecule has 1 aliphatic rings. The molecule has 0 aliphatic heterocycles. The molecule has 25 heavy (non-hydrogen) atoms. The molecular formula is C19H25N5O. The predicted molar refractivity (Wildman–Crippen MR) is 101 cm³/mol. The van der Waals surface area contributed by atoms with Gasteiger partial charge in [-0.2, -0.15) is 0 Å². The van der Waals surface area contributed by atoms with Crippen LogP contribution in [0.15, 0.2) is 30.3 Å². The SMILES string of the molecule is CCN(CC)c1ccc(NC(=O)c2cc(C)nc(NC3CC3)n2)cc1. The third kappa shape index (κ3) is 4.47. The van der Waals surface area contributed by atoms with Crippen LogP contribution in [0.4, 0.5) is 17.3 Å². The van der Waals surface area contributed by atoms with Crippen molar-refractivity contribution in [3.8, 4) is 0 Å². The molecule has 0 radical (unpaired) electrons. The number of hydrogen-bond acceptors (Lipinski definition) is 5. The van der Waals surface area contributed by atoms with E-state index in [1.165, 1.54) is 0 Å². The van der Waals surface area contributed by atoms with E-state index in [1.54, 1.807) is 6.07 Å². The second-order valence-electron chi connectivity index (χ2n) is 6.31. The van der Waals surface area contributed by atoms with E-state index in [0.29, 0.717) is 17.7 Å². The second kappa shape index (κ2) is 7.51. The summed E-state index contributed by atoms with van der Waals surface area (Å²) in [6, 6.07) is 10.0. The molecule has 0 saturated heterocycles. The van der Waals surface area contributed by atoms with Crippen LogP contribution in [0.25, 0.3) is 0 Å². The first-order valence-corrected chi connectivity index (χ1v) is 8.87. The molecule has 0 atom stereocenters. The lowest BCUT2D eigenvalue weighted by Crippen LogP contribution is -2.21. The molecule has 2 aromatic rings. The summed E-state index contributed by atoms with van der Waals surface area (Å²) in [5, 5.41) is 6.15. The lowest BCUT2D eigenvalue weighted by molar-refractivity contribution is 0.102. The number of aromatic nitrogens is 2. The van der Waals surface area contributed by atoms with Crippen LogP contribution in [0.3, 0.4) is 0 Å². The monoisotopic (exact) mass is 339 g/mol. The van der Waals surface area contributed by atoms with Gasteiger partial charge in [-0.15, -0.1) is 0 Å². The first-order valence-electron chi connectivity index (χ1n) is 8.87. The van der Waals surface area contributed by atoms with Gasteiger partial charge in [-0.3, -0.25) is 4.79 Å². The van der Waals surface area contributed by atoms with Gasteiger partial charge in [-0.05, 0) is 63.9 Å². The van der Waals surface area contributed by atoms with Gasteiger partial charge in [0, 0.05) is 36.2 Å². The van der Waals surface area contributed by atoms with Gasteiger partial charge in [0.1, 0.15) is 5.69 Å². The Morgan fingerprint density at radius 2 is 1.84 bits per heavy atom. The highest BCUT2D eigenvalue weighted by Crippen LogP contribution is 2.23. The molecule has 1 amide bonds. The Balaban J connectivity index is 1.70. The molecule has 1 aliphatic carbocycles. The Morgan fingerprint density at radius 3 is 2.44 bits per heavy atom. The molecule has 1 heterocycles. The zero-order valence-electron chi connectivity index (χ0n) is 15.0. The van der Waals surface area contributed by atoms with Crippen LogP contribution in [-0.2, 0) is 0 Å². The van der Waals surface area contributed by atoms with Gasteiger partial charge in [0.2, 0.25) is 5.95 Å². The van der Waals surface area contributed by atoms with Crippen LogP contribution in [0, 0.1) is 6.92 Å². The van der Waals surface area contributed by atoms with E-state index in [0.717, 1.165) is 43.0 Å². The highest BCUT2D eigenvalue weighted by molar-refractivity contribution is 6.03. The third-order valence-corrected chi connectivity index (χ3v) is 4.25. The van der Waals surface area contributed by atoms with E-state index in [9.17, 15) is 4.79 Å². The normalized spacial score (nSPS) is 13.4. The summed E-state index contributed by atoms with van der Waals surface area (Å²) >= 11 is 0. The molecule has 2 N–H and O–H groups in total. The van der Waals surface area contributed by atoms with Crippen LogP contribution >= 0.6 is 0 Å². The van der Waals surface area contributed by atoms with Gasteiger partial charge >= 0.3 is 0 Å². The second-order valence-corrected chi connectivity index (χ2v) is 6.31. The molecule has 6 nitrogen and oxygen atoms in total. The maximum absolute atomic E-state index is 12.5. The van der Waals surface area contributed by atoms with E-state index < -0.39 is 0 Å². The minimum absolute atomic E-state index is 0.222. The fraction of sp³-hybridized carbons (Fsp3) is 0.421. The Bertz CT molecular complexity index is 736. The van der Waals surface area contributed by atoms with E-state index in [2.05, 4.69) is 39.3 Å². The van der Waals surface area contributed by atoms with Crippen molar-refractivity contribution >= 4 is 23.2 Å². The molecule has 0 bridgehead atoms. The van der Waals surface area contributed by atoms with E-state index in [4.69, 9.17) is 0 Å². The van der Waals surface area contributed by atoms with Gasteiger partial charge in [-0.25, -0.2) is 9.97 Å². The van der Waals surface area contributed by atoms with Gasteiger partial charge in [0.15, 0.2) is 0 Å². The van der Waals surface area contributed by atoms with Crippen LogP contribution < -0.4 is 15.5 Å². The molecule has 1 fully saturated rings. The largest absolute Gasteiger partial charge is 0.372 e. The minimum Gasteiger partial charge on any atom is -0.372 e. The number of carbonyl (C=O) groups is 1. The molecule has 0 spiro atoms. The molecule has 0 unspecified atom stereocenters. The summed E-state index contributed by atoms with van der Waals surface area (Å²) in [7, 11) is 0. The number of benzene rings is 1. The molecular weight excluding hydrogens is 314 g/mol. The number of hydrogen-bond donors (Lipinski definition) is 2. The smallest absolute Gasteiger partial charge is 0.274 e. The molecule has 1 aromatic heterocycles. The zero-order chi connectivity index (χ0) is 17.8. The molecule has 1 aromatic carbocycles. The number of nitrogens with zero attached hydrogens (tertiary/aromatic N) is 3. The van der Waals surface area contributed by atoms with Crippen LogP contribution in [0.1, 0.15) is 42.9 Å². The number of aryl methyl sites for hydroxylation is 1. The lowest BCUT2D eigenvalue weighted by atomic mass is 10.2. The highest BCUT2D eigenvalue weighted by Gasteiger charge is 2.22. The van der Waals surface area contributed by atoms with Gasteiger partial charge in [0.05, 0.1) is 0 Å². The molecule has 6 heteroatoms. The van der Waals surface area contributed by atoms with Crippen molar-refractivity contribution in [2.75, 3.05) is 28.6 Å². The molecule has 3 rings (SSSR count). The van der Waals surface area contributed by atoms with E-state index in [1.807, 2.05) is 31.2 Å². The average molecular weight is 339 g/mol. The summed E-state index contributed by atoms with van der Waals surface area (Å²) in [6.07, 6.45) is 2.27. The van der Waals surface area contributed by atoms with Crippen LogP contribution in [0.5, 0.6) is 0 Å². The summed E-state index contributed by atoms with van der Waals surface area (Å²) in [5.41, 5.74) is 3.06. The number of rotatable bonds is 7. The van der Waals surface area contributed by atoms with Crippen molar-refractivity contribution in [3.05, 3.63) is 41.7 Å². The van der Waals surface area contributed by atoms with Crippen LogP contribution in [0.2, 0.25) is 0 Å². The first kappa shape index (κ1) is 17.2. The third-order valence-electron chi connectivity index (χ3n) is 4.25. The standard InChI is InChI=1S/C19H25N5O/c1-4-24(5-2)16-10-8-14(9-11-16)21-18(25)17-12-13(3)20-19(23-17)22-15-6-7-15/h8-12,15H,4-7H2,1-3H3,(H,21,25)(H,20,22,23). The fourth-order valence-corrected chi connectivity index (χ4v) is 2.70. The predicted octanol–water partition coefficient (Wildman–Crippen LogP) is 3.46. The summed E-state index contributed by atoms with van der Waals surface area (Å²) in [5.74, 6) is 0.310. The highest BCUT2D eigenvalue weighted by atomic mass is 16.1. The van der Waals surface area contributed by atoms with Gasteiger partial charge in [-0.1, -0.05) is 0 Å². The van der Waals surface area contributed by atoms with Crippen LogP contribution in [-0.4, -0.2) is 35.0 Å². The lowest BCUT2D eigenvalue weighted by Gasteiger charge is -2.21. The minimum atomic E-state index is -0.222. The number of amides is 1. The average Bonchev–Trinajstić information content (AvgIpc) is 3.41. The zero-order valence-corrected chi connectivity index (χ0v) is 15.0. The molecule has 1 saturated carbocycles. The Hall–Kier alpha value is -2.63. The van der Waals surface area contributed by atoms with Crippen molar-refractivity contribution in [1.82, 2.24) is 9.97 Å². The number of nitrogens with one attached hydrogen (secondary N) is 2. The summed E-state index contributed by atoms with van der Waals surface area (Å²) in [6.45, 7) is 8.04. The molecule has 132 valence electrons. The summed E-state index contributed by atoms with van der Waals surface area (Å²) in [4.78, 5) is 23.5. The fourth-order valence-electron chi connectivity index (χ4n) is 2.70. The van der Waals surface area contributed by atoms with Crippen molar-refractivity contribution in [2.45, 2.75) is 39.7 Å². The first-order chi connectivity index (χ1) is 12.1. The maximum atomic E-state index is 12.5. The Kier molecular flexibility index (Phi) is 5.16. The van der Waals surface area contributed by atoms with Gasteiger partial charge in [0.25, 0.3) is 5.91 Å². The Labute approximate surface area is 148 Å². The van der Waals surface area contributed by atoms with Crippen molar-refractivity contribution in [1.29, 1.82) is 0 Å². The van der Waals surface area contributed by atoms with E-state index in [-0.39, 0.29) is 5.91 Å². The number of anilines is 3. The maximum Gasteiger partial charge on any atom is 0.274 e. The number of carbonyl (C=O) groups excluding carboxylic acids is 1. The summed E-state index contributed by atoms with van der Waals surface area (Å²) < 4.78 is 0. The van der Waals surface area contributed by atoms with Crippen molar-refractivity contribution < 1.29 is 4.79 Å². The van der Waals surface area contributed by atoms with Gasteiger partial charge < -0.3 is 15.5 Å². The van der Waals surface area contributed by atoms with Crippen molar-refractivity contribution in [2.24, 2.45) is 0 Å². The van der Waals surface area contributed by atoms with E-state index >= 15 is 0 Å². The topological polar surface area (TPSA) is 70.2 Å². The quantitative estimate of drug-likeness (QED) is 0.808.